The number of thiazole rings is 1. The van der Waals surface area contributed by atoms with Crippen LogP contribution in [0, 0.1) is 13.8 Å². The number of aromatic nitrogens is 1. The predicted molar refractivity (Wildman–Crippen MR) is 110 cm³/mol. The Morgan fingerprint density at radius 2 is 1.81 bits per heavy atom. The first-order valence-electron chi connectivity index (χ1n) is 9.04. The van der Waals surface area contributed by atoms with Crippen LogP contribution in [0.4, 0.5) is 0 Å². The van der Waals surface area contributed by atoms with Crippen molar-refractivity contribution >= 4 is 17.2 Å². The maximum Gasteiger partial charge on any atom is 0.260 e. The zero-order valence-corrected chi connectivity index (χ0v) is 16.7. The van der Waals surface area contributed by atoms with Crippen molar-refractivity contribution in [3.8, 4) is 17.0 Å². The number of rotatable bonds is 7. The number of benzene rings is 2. The largest absolute Gasteiger partial charge is 0.481 e. The van der Waals surface area contributed by atoms with Gasteiger partial charge in [0.25, 0.3) is 5.91 Å². The SMILES string of the molecule is Cc1ccc(O[C@H](C)C(=O)NCCc2ccc(-c3csc(C)n3)cc2)cc1. The van der Waals surface area contributed by atoms with Gasteiger partial charge in [0.15, 0.2) is 6.10 Å². The van der Waals surface area contributed by atoms with Crippen LogP contribution in [-0.2, 0) is 11.2 Å². The van der Waals surface area contributed by atoms with E-state index in [1.807, 2.05) is 38.1 Å². The van der Waals surface area contributed by atoms with Gasteiger partial charge in [0, 0.05) is 17.5 Å². The molecule has 1 N–H and O–H groups in total. The Balaban J connectivity index is 1.46. The molecule has 140 valence electrons. The van der Waals surface area contributed by atoms with Crippen molar-refractivity contribution in [3.05, 3.63) is 70.0 Å². The minimum Gasteiger partial charge on any atom is -0.481 e. The van der Waals surface area contributed by atoms with Crippen LogP contribution < -0.4 is 10.1 Å². The zero-order valence-electron chi connectivity index (χ0n) is 15.9. The summed E-state index contributed by atoms with van der Waals surface area (Å²) in [6.45, 7) is 6.37. The van der Waals surface area contributed by atoms with Gasteiger partial charge in [-0.3, -0.25) is 4.79 Å². The number of carbonyl (C=O) groups excluding carboxylic acids is 1. The molecule has 2 aromatic carbocycles. The van der Waals surface area contributed by atoms with Gasteiger partial charge >= 0.3 is 0 Å². The van der Waals surface area contributed by atoms with E-state index in [4.69, 9.17) is 4.74 Å². The average molecular weight is 381 g/mol. The van der Waals surface area contributed by atoms with Crippen molar-refractivity contribution in [1.29, 1.82) is 0 Å². The molecule has 3 aromatic rings. The molecule has 3 rings (SSSR count). The molecule has 0 unspecified atom stereocenters. The van der Waals surface area contributed by atoms with E-state index in [9.17, 15) is 4.79 Å². The van der Waals surface area contributed by atoms with Crippen LogP contribution in [0.5, 0.6) is 5.75 Å². The highest BCUT2D eigenvalue weighted by Gasteiger charge is 2.14. The predicted octanol–water partition coefficient (Wildman–Crippen LogP) is 4.55. The average Bonchev–Trinajstić information content (AvgIpc) is 3.10. The molecule has 27 heavy (non-hydrogen) atoms. The molecule has 0 saturated heterocycles. The Morgan fingerprint density at radius 3 is 2.44 bits per heavy atom. The molecule has 0 radical (unpaired) electrons. The van der Waals surface area contributed by atoms with Crippen LogP contribution in [0.1, 0.15) is 23.1 Å². The fourth-order valence-electron chi connectivity index (χ4n) is 2.69. The van der Waals surface area contributed by atoms with E-state index in [2.05, 4.69) is 39.9 Å². The summed E-state index contributed by atoms with van der Waals surface area (Å²) < 4.78 is 5.68. The van der Waals surface area contributed by atoms with Gasteiger partial charge in [-0.15, -0.1) is 11.3 Å². The molecule has 0 fully saturated rings. The van der Waals surface area contributed by atoms with Crippen molar-refractivity contribution in [2.75, 3.05) is 6.54 Å². The Kier molecular flexibility index (Phi) is 6.24. The lowest BCUT2D eigenvalue weighted by Crippen LogP contribution is -2.37. The molecule has 0 spiro atoms. The summed E-state index contributed by atoms with van der Waals surface area (Å²) in [5, 5.41) is 6.08. The maximum absolute atomic E-state index is 12.2. The van der Waals surface area contributed by atoms with Crippen LogP contribution in [0.2, 0.25) is 0 Å². The van der Waals surface area contributed by atoms with Crippen LogP contribution in [0.3, 0.4) is 0 Å². The molecule has 0 aliphatic rings. The topological polar surface area (TPSA) is 51.2 Å². The summed E-state index contributed by atoms with van der Waals surface area (Å²) in [6, 6.07) is 16.0. The lowest BCUT2D eigenvalue weighted by molar-refractivity contribution is -0.127. The molecule has 1 atom stereocenters. The third-order valence-corrected chi connectivity index (χ3v) is 5.06. The number of aryl methyl sites for hydroxylation is 2. The molecule has 0 aliphatic carbocycles. The minimum absolute atomic E-state index is 0.106. The first kappa shape index (κ1) is 19.1. The third kappa shape index (κ3) is 5.41. The zero-order chi connectivity index (χ0) is 19.2. The standard InChI is InChI=1S/C22H24N2O2S/c1-15-4-10-20(11-5-15)26-16(2)22(25)23-13-12-18-6-8-19(9-7-18)21-14-27-17(3)24-21/h4-11,14,16H,12-13H2,1-3H3,(H,23,25)/t16-/m1/s1. The Labute approximate surface area is 164 Å². The second kappa shape index (κ2) is 8.82. The highest BCUT2D eigenvalue weighted by atomic mass is 32.1. The second-order valence-corrected chi connectivity index (χ2v) is 7.63. The molecule has 1 aromatic heterocycles. The Morgan fingerprint density at radius 1 is 1.11 bits per heavy atom. The molecule has 4 nitrogen and oxygen atoms in total. The number of ether oxygens (including phenoxy) is 1. The molecule has 5 heteroatoms. The van der Waals surface area contributed by atoms with Gasteiger partial charge in [-0.05, 0) is 44.9 Å². The van der Waals surface area contributed by atoms with E-state index in [1.54, 1.807) is 18.3 Å². The van der Waals surface area contributed by atoms with Crippen molar-refractivity contribution < 1.29 is 9.53 Å². The van der Waals surface area contributed by atoms with Gasteiger partial charge < -0.3 is 10.1 Å². The normalized spacial score (nSPS) is 11.8. The van der Waals surface area contributed by atoms with Gasteiger partial charge in [0.1, 0.15) is 5.75 Å². The van der Waals surface area contributed by atoms with Gasteiger partial charge in [-0.25, -0.2) is 4.98 Å². The number of carbonyl (C=O) groups is 1. The lowest BCUT2D eigenvalue weighted by Gasteiger charge is -2.15. The fourth-order valence-corrected chi connectivity index (χ4v) is 3.31. The number of hydrogen-bond acceptors (Lipinski definition) is 4. The van der Waals surface area contributed by atoms with E-state index < -0.39 is 6.10 Å². The van der Waals surface area contributed by atoms with Gasteiger partial charge in [-0.2, -0.15) is 0 Å². The maximum atomic E-state index is 12.2. The van der Waals surface area contributed by atoms with E-state index in [-0.39, 0.29) is 5.91 Å². The van der Waals surface area contributed by atoms with E-state index in [0.717, 1.165) is 28.2 Å². The smallest absolute Gasteiger partial charge is 0.260 e. The van der Waals surface area contributed by atoms with Crippen molar-refractivity contribution in [1.82, 2.24) is 10.3 Å². The van der Waals surface area contributed by atoms with Crippen LogP contribution >= 0.6 is 11.3 Å². The summed E-state index contributed by atoms with van der Waals surface area (Å²) in [7, 11) is 0. The van der Waals surface area contributed by atoms with Gasteiger partial charge in [0.05, 0.1) is 10.7 Å². The first-order chi connectivity index (χ1) is 13.0. The van der Waals surface area contributed by atoms with E-state index in [1.165, 1.54) is 5.56 Å². The molecule has 1 amide bonds. The van der Waals surface area contributed by atoms with E-state index in [0.29, 0.717) is 12.3 Å². The molecular formula is C22H24N2O2S. The third-order valence-electron chi connectivity index (χ3n) is 4.28. The summed E-state index contributed by atoms with van der Waals surface area (Å²) in [5.41, 5.74) is 4.47. The number of nitrogens with one attached hydrogen (secondary N) is 1. The van der Waals surface area contributed by atoms with Crippen LogP contribution in [0.15, 0.2) is 53.9 Å². The quantitative estimate of drug-likeness (QED) is 0.654. The summed E-state index contributed by atoms with van der Waals surface area (Å²) >= 11 is 1.65. The molecule has 0 bridgehead atoms. The lowest BCUT2D eigenvalue weighted by atomic mass is 10.1. The highest BCUT2D eigenvalue weighted by Crippen LogP contribution is 2.21. The minimum atomic E-state index is -0.525. The van der Waals surface area contributed by atoms with Crippen molar-refractivity contribution in [3.63, 3.8) is 0 Å². The second-order valence-electron chi connectivity index (χ2n) is 6.56. The Bertz CT molecular complexity index is 885. The molecule has 1 heterocycles. The van der Waals surface area contributed by atoms with Gasteiger partial charge in [-0.1, -0.05) is 42.0 Å². The first-order valence-corrected chi connectivity index (χ1v) is 9.92. The summed E-state index contributed by atoms with van der Waals surface area (Å²) in [4.78, 5) is 16.7. The number of hydrogen-bond donors (Lipinski definition) is 1. The summed E-state index contributed by atoms with van der Waals surface area (Å²) in [6.07, 6.45) is 0.252. The van der Waals surface area contributed by atoms with Gasteiger partial charge in [0.2, 0.25) is 0 Å². The van der Waals surface area contributed by atoms with Crippen molar-refractivity contribution in [2.45, 2.75) is 33.3 Å². The highest BCUT2D eigenvalue weighted by molar-refractivity contribution is 7.09. The summed E-state index contributed by atoms with van der Waals surface area (Å²) in [5.74, 6) is 0.598. The fraction of sp³-hybridized carbons (Fsp3) is 0.273. The van der Waals surface area contributed by atoms with Crippen LogP contribution in [-0.4, -0.2) is 23.5 Å². The monoisotopic (exact) mass is 380 g/mol. The molecule has 0 aliphatic heterocycles. The van der Waals surface area contributed by atoms with E-state index >= 15 is 0 Å². The number of amides is 1. The molecular weight excluding hydrogens is 356 g/mol. The molecule has 0 saturated carbocycles. The Hall–Kier alpha value is -2.66. The van der Waals surface area contributed by atoms with Crippen molar-refractivity contribution in [2.24, 2.45) is 0 Å². The van der Waals surface area contributed by atoms with Crippen LogP contribution in [0.25, 0.3) is 11.3 Å². The number of nitrogens with zero attached hydrogens (tertiary/aromatic N) is 1.